The van der Waals surface area contributed by atoms with E-state index in [1.807, 2.05) is 23.5 Å². The Morgan fingerprint density at radius 3 is 1.92 bits per heavy atom. The lowest BCUT2D eigenvalue weighted by atomic mass is 9.82. The van der Waals surface area contributed by atoms with E-state index in [-0.39, 0.29) is 5.41 Å². The highest BCUT2D eigenvalue weighted by Gasteiger charge is 2.39. The van der Waals surface area contributed by atoms with Crippen LogP contribution in [0.2, 0.25) is 0 Å². The second-order valence-corrected chi connectivity index (χ2v) is 15.4. The van der Waals surface area contributed by atoms with Crippen LogP contribution >= 0.6 is 23.5 Å². The fourth-order valence-corrected chi connectivity index (χ4v) is 9.99. The molecule has 0 spiro atoms. The predicted octanol–water partition coefficient (Wildman–Crippen LogP) is 12.4. The van der Waals surface area contributed by atoms with Crippen molar-refractivity contribution >= 4 is 45.3 Å². The van der Waals surface area contributed by atoms with E-state index in [4.69, 9.17) is 4.98 Å². The van der Waals surface area contributed by atoms with Crippen molar-refractivity contribution in [2.24, 2.45) is 0 Å². The molecule has 0 radical (unpaired) electrons. The van der Waals surface area contributed by atoms with E-state index in [2.05, 4.69) is 164 Å². The number of fused-ring (bicyclic) bond motifs is 9. The number of hydrogen-bond donors (Lipinski definition) is 0. The molecule has 2 aromatic heterocycles. The first-order chi connectivity index (χ1) is 23.5. The molecule has 0 N–H and O–H groups in total. The van der Waals surface area contributed by atoms with Crippen molar-refractivity contribution < 1.29 is 0 Å². The highest BCUT2D eigenvalue weighted by Crippen LogP contribution is 2.57. The minimum atomic E-state index is -0.147. The average molecular weight is 651 g/mol. The molecular weight excluding hydrogens is 621 g/mol. The van der Waals surface area contributed by atoms with Gasteiger partial charge in [0.2, 0.25) is 0 Å². The lowest BCUT2D eigenvalue weighted by Crippen LogP contribution is -2.15. The van der Waals surface area contributed by atoms with Gasteiger partial charge in [-0.05, 0) is 70.3 Å². The number of aromatic nitrogens is 2. The zero-order valence-corrected chi connectivity index (χ0v) is 28.2. The first-order valence-corrected chi connectivity index (χ1v) is 18.0. The number of benzene rings is 6. The summed E-state index contributed by atoms with van der Waals surface area (Å²) in [5, 5.41) is 2.50. The Hall–Kier alpha value is -5.03. The molecule has 0 bridgehead atoms. The molecule has 10 rings (SSSR count). The van der Waals surface area contributed by atoms with Crippen LogP contribution in [0.15, 0.2) is 165 Å². The molecule has 3 heterocycles. The SMILES string of the molecule is CC1(C)c2cc3c(cc2-c2c1ccc1c4ccccc4n(-c4cc(-c5ccccc5)cc(-c5ccccc5)n4)c21)Sc1ccccc1S3. The van der Waals surface area contributed by atoms with Crippen LogP contribution in [0.3, 0.4) is 0 Å². The molecule has 48 heavy (non-hydrogen) atoms. The number of pyridine rings is 1. The molecule has 2 aliphatic rings. The Morgan fingerprint density at radius 1 is 0.521 bits per heavy atom. The van der Waals surface area contributed by atoms with Gasteiger partial charge in [-0.15, -0.1) is 0 Å². The Kier molecular flexibility index (Phi) is 6.12. The van der Waals surface area contributed by atoms with E-state index >= 15 is 0 Å². The summed E-state index contributed by atoms with van der Waals surface area (Å²) in [5.41, 5.74) is 12.1. The lowest BCUT2D eigenvalue weighted by molar-refractivity contribution is 0.658. The van der Waals surface area contributed by atoms with Gasteiger partial charge in [-0.1, -0.05) is 140 Å². The largest absolute Gasteiger partial charge is 0.293 e. The standard InChI is InChI=1S/C44H30N2S2/c1-44(2)33-22-21-31-30-17-9-10-18-36(30)46(41-24-29(27-13-5-3-6-14-27)23-35(45-41)28-15-7-4-8-16-28)43(31)42(33)32-25-39-40(26-34(32)44)48-38-20-12-11-19-37(38)47-39/h3-26H,1-2H3. The number of para-hydroxylation sites is 1. The van der Waals surface area contributed by atoms with Gasteiger partial charge in [-0.3, -0.25) is 4.57 Å². The Bertz CT molecular complexity index is 2520. The van der Waals surface area contributed by atoms with Crippen molar-refractivity contribution in [3.05, 3.63) is 157 Å². The maximum atomic E-state index is 5.44. The molecule has 1 aliphatic heterocycles. The lowest BCUT2D eigenvalue weighted by Gasteiger charge is -2.24. The Morgan fingerprint density at radius 2 is 1.17 bits per heavy atom. The minimum absolute atomic E-state index is 0.147. The van der Waals surface area contributed by atoms with Gasteiger partial charge in [-0.2, -0.15) is 0 Å². The predicted molar refractivity (Wildman–Crippen MR) is 202 cm³/mol. The van der Waals surface area contributed by atoms with Crippen LogP contribution in [0.4, 0.5) is 0 Å². The van der Waals surface area contributed by atoms with E-state index in [0.717, 1.165) is 22.6 Å². The molecule has 8 aromatic rings. The fraction of sp³-hybridized carbons (Fsp3) is 0.0682. The molecule has 6 aromatic carbocycles. The van der Waals surface area contributed by atoms with Crippen molar-refractivity contribution in [2.45, 2.75) is 38.8 Å². The molecule has 0 fully saturated rings. The van der Waals surface area contributed by atoms with Gasteiger partial charge in [0.05, 0.1) is 16.7 Å². The van der Waals surface area contributed by atoms with Gasteiger partial charge in [0.25, 0.3) is 0 Å². The van der Waals surface area contributed by atoms with Crippen LogP contribution in [0, 0.1) is 0 Å². The molecule has 0 amide bonds. The average Bonchev–Trinajstić information content (AvgIpc) is 3.58. The second-order valence-electron chi connectivity index (χ2n) is 13.2. The van der Waals surface area contributed by atoms with Crippen LogP contribution in [0.5, 0.6) is 0 Å². The summed E-state index contributed by atoms with van der Waals surface area (Å²) < 4.78 is 2.43. The number of nitrogens with zero attached hydrogens (tertiary/aromatic N) is 2. The van der Waals surface area contributed by atoms with Crippen LogP contribution in [-0.2, 0) is 5.41 Å². The molecule has 2 nitrogen and oxygen atoms in total. The second kappa shape index (κ2) is 10.5. The third kappa shape index (κ3) is 4.12. The normalized spacial score (nSPS) is 14.0. The van der Waals surface area contributed by atoms with Crippen molar-refractivity contribution in [1.29, 1.82) is 0 Å². The minimum Gasteiger partial charge on any atom is -0.293 e. The highest BCUT2D eigenvalue weighted by molar-refractivity contribution is 8.05. The molecule has 0 saturated heterocycles. The molecule has 0 unspecified atom stereocenters. The van der Waals surface area contributed by atoms with Gasteiger partial charge in [-0.25, -0.2) is 4.98 Å². The fourth-order valence-electron chi connectivity index (χ4n) is 7.72. The summed E-state index contributed by atoms with van der Waals surface area (Å²) in [7, 11) is 0. The summed E-state index contributed by atoms with van der Waals surface area (Å²) >= 11 is 3.79. The quantitative estimate of drug-likeness (QED) is 0.189. The summed E-state index contributed by atoms with van der Waals surface area (Å²) in [6.07, 6.45) is 0. The smallest absolute Gasteiger partial charge is 0.138 e. The van der Waals surface area contributed by atoms with E-state index in [1.54, 1.807) is 0 Å². The maximum Gasteiger partial charge on any atom is 0.138 e. The van der Waals surface area contributed by atoms with Gasteiger partial charge in [0, 0.05) is 46.9 Å². The van der Waals surface area contributed by atoms with E-state index in [0.29, 0.717) is 0 Å². The van der Waals surface area contributed by atoms with E-state index < -0.39 is 0 Å². The zero-order valence-electron chi connectivity index (χ0n) is 26.6. The van der Waals surface area contributed by atoms with Crippen molar-refractivity contribution in [1.82, 2.24) is 9.55 Å². The summed E-state index contributed by atoms with van der Waals surface area (Å²) in [6.45, 7) is 4.78. The number of rotatable bonds is 3. The molecule has 0 saturated carbocycles. The number of hydrogen-bond acceptors (Lipinski definition) is 3. The monoisotopic (exact) mass is 650 g/mol. The van der Waals surface area contributed by atoms with Gasteiger partial charge < -0.3 is 0 Å². The van der Waals surface area contributed by atoms with Crippen molar-refractivity contribution in [2.75, 3.05) is 0 Å². The van der Waals surface area contributed by atoms with Crippen LogP contribution in [0.25, 0.3) is 61.1 Å². The summed E-state index contributed by atoms with van der Waals surface area (Å²) in [6, 6.07) is 53.0. The van der Waals surface area contributed by atoms with Crippen molar-refractivity contribution in [3.8, 4) is 39.3 Å². The first kappa shape index (κ1) is 28.0. The van der Waals surface area contributed by atoms with E-state index in [1.165, 1.54) is 69.2 Å². The molecule has 4 heteroatoms. The van der Waals surface area contributed by atoms with E-state index in [9.17, 15) is 0 Å². The highest BCUT2D eigenvalue weighted by atomic mass is 32.2. The van der Waals surface area contributed by atoms with Gasteiger partial charge >= 0.3 is 0 Å². The molecule has 1 aliphatic carbocycles. The maximum absolute atomic E-state index is 5.44. The topological polar surface area (TPSA) is 17.8 Å². The van der Waals surface area contributed by atoms with Crippen molar-refractivity contribution in [3.63, 3.8) is 0 Å². The van der Waals surface area contributed by atoms with Gasteiger partial charge in [0.15, 0.2) is 0 Å². The first-order valence-electron chi connectivity index (χ1n) is 16.4. The van der Waals surface area contributed by atoms with Gasteiger partial charge in [0.1, 0.15) is 5.82 Å². The summed E-state index contributed by atoms with van der Waals surface area (Å²) in [4.78, 5) is 10.8. The van der Waals surface area contributed by atoms with Crippen LogP contribution < -0.4 is 0 Å². The summed E-state index contributed by atoms with van der Waals surface area (Å²) in [5.74, 6) is 0.929. The molecule has 228 valence electrons. The molecule has 0 atom stereocenters. The van der Waals surface area contributed by atoms with Crippen LogP contribution in [0.1, 0.15) is 25.0 Å². The third-order valence-corrected chi connectivity index (χ3v) is 12.6. The zero-order chi connectivity index (χ0) is 32.0. The third-order valence-electron chi connectivity index (χ3n) is 10.0. The Labute approximate surface area is 288 Å². The Balaban J connectivity index is 1.29. The van der Waals surface area contributed by atoms with Crippen LogP contribution in [-0.4, -0.2) is 9.55 Å². The molecular formula is C44H30N2S2.